The number of methoxy groups -OCH3 is 2. The van der Waals surface area contributed by atoms with E-state index in [2.05, 4.69) is 5.32 Å². The molecule has 0 aromatic heterocycles. The van der Waals surface area contributed by atoms with E-state index in [-0.39, 0.29) is 29.5 Å². The molecule has 2 aliphatic heterocycles. The van der Waals surface area contributed by atoms with E-state index in [1.54, 1.807) is 30.3 Å². The summed E-state index contributed by atoms with van der Waals surface area (Å²) in [6.45, 7) is 1.86. The molecule has 31 heavy (non-hydrogen) atoms. The second-order valence-corrected chi connectivity index (χ2v) is 7.74. The Bertz CT molecular complexity index is 1090. The number of hydrogen-bond donors (Lipinski definition) is 1. The molecule has 2 amide bonds. The van der Waals surface area contributed by atoms with Crippen LogP contribution in [0.25, 0.3) is 0 Å². The number of likely N-dealkylation sites (tertiary alicyclic amines) is 1. The molecule has 2 aliphatic rings. The maximum Gasteiger partial charge on any atom is 0.344 e. The fourth-order valence-corrected chi connectivity index (χ4v) is 4.12. The molecule has 0 saturated carbocycles. The molecule has 2 aromatic carbocycles. The van der Waals surface area contributed by atoms with Gasteiger partial charge in [-0.15, -0.1) is 0 Å². The maximum absolute atomic E-state index is 13.0. The fraction of sp³-hybridized carbons (Fsp3) is 0.318. The smallest absolute Gasteiger partial charge is 0.344 e. The molecule has 9 heteroatoms. The Kier molecular flexibility index (Phi) is 5.49. The molecule has 1 N–H and O–H groups in total. The van der Waals surface area contributed by atoms with Crippen LogP contribution < -0.4 is 14.8 Å². The van der Waals surface area contributed by atoms with Crippen molar-refractivity contribution in [2.75, 3.05) is 19.5 Å². The van der Waals surface area contributed by atoms with Gasteiger partial charge in [0.1, 0.15) is 11.6 Å². The van der Waals surface area contributed by atoms with Gasteiger partial charge in [0.2, 0.25) is 18.0 Å². The normalized spacial score (nSPS) is 19.8. The summed E-state index contributed by atoms with van der Waals surface area (Å²) in [5.74, 6) is -0.690. The van der Waals surface area contributed by atoms with Gasteiger partial charge in [-0.2, -0.15) is 0 Å². The van der Waals surface area contributed by atoms with E-state index in [4.69, 9.17) is 25.8 Å². The van der Waals surface area contributed by atoms with Crippen LogP contribution in [0.2, 0.25) is 5.02 Å². The summed E-state index contributed by atoms with van der Waals surface area (Å²) in [6.07, 6.45) is -0.542. The first kappa shape index (κ1) is 21.0. The average Bonchev–Trinajstić information content (AvgIpc) is 3.29. The molecule has 1 saturated heterocycles. The fourth-order valence-electron chi connectivity index (χ4n) is 3.94. The van der Waals surface area contributed by atoms with E-state index >= 15 is 0 Å². The van der Waals surface area contributed by atoms with Gasteiger partial charge in [0, 0.05) is 22.7 Å². The van der Waals surface area contributed by atoms with Gasteiger partial charge in [0.25, 0.3) is 0 Å². The number of carbonyl (C=O) groups excluding carboxylic acids is 3. The highest BCUT2D eigenvalue weighted by molar-refractivity contribution is 6.31. The van der Waals surface area contributed by atoms with E-state index in [1.807, 2.05) is 6.92 Å². The Morgan fingerprint density at radius 3 is 2.65 bits per heavy atom. The van der Waals surface area contributed by atoms with Crippen molar-refractivity contribution in [3.8, 4) is 11.5 Å². The highest BCUT2D eigenvalue weighted by Crippen LogP contribution is 2.45. The van der Waals surface area contributed by atoms with Crippen molar-refractivity contribution in [1.82, 2.24) is 4.90 Å². The number of fused-ring (bicyclic) bond motifs is 1. The number of aryl methyl sites for hydroxylation is 1. The van der Waals surface area contributed by atoms with Crippen LogP contribution in [0.4, 0.5) is 5.69 Å². The zero-order valence-electron chi connectivity index (χ0n) is 17.2. The number of esters is 1. The minimum atomic E-state index is -1.02. The molecule has 162 valence electrons. The van der Waals surface area contributed by atoms with Crippen LogP contribution in [0.1, 0.15) is 40.6 Å². The molecule has 4 rings (SSSR count). The highest BCUT2D eigenvalue weighted by Gasteiger charge is 2.47. The highest BCUT2D eigenvalue weighted by atomic mass is 35.5. The minimum Gasteiger partial charge on any atom is -0.493 e. The second kappa shape index (κ2) is 8.11. The predicted molar refractivity (Wildman–Crippen MR) is 112 cm³/mol. The van der Waals surface area contributed by atoms with Crippen molar-refractivity contribution < 1.29 is 28.6 Å². The molecule has 0 aliphatic carbocycles. The second-order valence-electron chi connectivity index (χ2n) is 7.33. The SMILES string of the molecule is COc1ccc2c(c1OC)C(=O)O[C@@H]2N1C(=O)CC[C@@H]1C(=O)Nc1ccc(C)c(Cl)c1. The summed E-state index contributed by atoms with van der Waals surface area (Å²) in [7, 11) is 2.88. The Labute approximate surface area is 184 Å². The molecule has 8 nitrogen and oxygen atoms in total. The molecule has 0 bridgehead atoms. The first-order valence-electron chi connectivity index (χ1n) is 9.69. The number of amides is 2. The zero-order chi connectivity index (χ0) is 22.3. The number of ether oxygens (including phenoxy) is 3. The van der Waals surface area contributed by atoms with Crippen LogP contribution >= 0.6 is 11.6 Å². The number of benzene rings is 2. The molecular formula is C22H21ClN2O6. The Morgan fingerprint density at radius 2 is 1.97 bits per heavy atom. The van der Waals surface area contributed by atoms with Crippen molar-refractivity contribution in [2.45, 2.75) is 32.0 Å². The van der Waals surface area contributed by atoms with Gasteiger partial charge in [-0.25, -0.2) is 4.79 Å². The van der Waals surface area contributed by atoms with E-state index < -0.39 is 18.2 Å². The number of rotatable bonds is 5. The van der Waals surface area contributed by atoms with Crippen LogP contribution in [0.5, 0.6) is 11.5 Å². The van der Waals surface area contributed by atoms with Crippen molar-refractivity contribution >= 4 is 35.1 Å². The molecule has 0 unspecified atom stereocenters. The summed E-state index contributed by atoms with van der Waals surface area (Å²) in [5, 5.41) is 3.32. The quantitative estimate of drug-likeness (QED) is 0.710. The van der Waals surface area contributed by atoms with Gasteiger partial charge in [0.15, 0.2) is 11.5 Å². The largest absolute Gasteiger partial charge is 0.493 e. The van der Waals surface area contributed by atoms with Gasteiger partial charge in [-0.1, -0.05) is 17.7 Å². The number of hydrogen-bond acceptors (Lipinski definition) is 6. The monoisotopic (exact) mass is 444 g/mol. The molecule has 0 radical (unpaired) electrons. The number of nitrogens with one attached hydrogen (secondary N) is 1. The van der Waals surface area contributed by atoms with Crippen LogP contribution in [0, 0.1) is 6.92 Å². The van der Waals surface area contributed by atoms with Gasteiger partial charge < -0.3 is 19.5 Å². The van der Waals surface area contributed by atoms with Gasteiger partial charge in [0.05, 0.1) is 14.2 Å². The number of nitrogens with zero attached hydrogens (tertiary/aromatic N) is 1. The summed E-state index contributed by atoms with van der Waals surface area (Å²) >= 11 is 6.14. The lowest BCUT2D eigenvalue weighted by molar-refractivity contribution is -0.144. The van der Waals surface area contributed by atoms with Crippen LogP contribution in [-0.4, -0.2) is 42.9 Å². The zero-order valence-corrected chi connectivity index (χ0v) is 18.0. The van der Waals surface area contributed by atoms with Gasteiger partial charge in [-0.3, -0.25) is 14.5 Å². The van der Waals surface area contributed by atoms with Crippen molar-refractivity contribution in [2.24, 2.45) is 0 Å². The Hall–Kier alpha value is -3.26. The van der Waals surface area contributed by atoms with E-state index in [0.29, 0.717) is 28.4 Å². The average molecular weight is 445 g/mol. The first-order chi connectivity index (χ1) is 14.8. The van der Waals surface area contributed by atoms with E-state index in [9.17, 15) is 14.4 Å². The lowest BCUT2D eigenvalue weighted by Crippen LogP contribution is -2.43. The minimum absolute atomic E-state index is 0.170. The topological polar surface area (TPSA) is 94.2 Å². The number of halogens is 1. The lowest BCUT2D eigenvalue weighted by atomic mass is 10.0. The summed E-state index contributed by atoms with van der Waals surface area (Å²) in [5.41, 5.74) is 2.05. The van der Waals surface area contributed by atoms with Crippen LogP contribution in [0.3, 0.4) is 0 Å². The van der Waals surface area contributed by atoms with Crippen molar-refractivity contribution in [1.29, 1.82) is 0 Å². The van der Waals surface area contributed by atoms with Crippen LogP contribution in [0.15, 0.2) is 30.3 Å². The molecule has 2 heterocycles. The predicted octanol–water partition coefficient (Wildman–Crippen LogP) is 3.46. The third kappa shape index (κ3) is 3.57. The molecular weight excluding hydrogens is 424 g/mol. The van der Waals surface area contributed by atoms with Crippen molar-refractivity contribution in [3.05, 3.63) is 52.0 Å². The summed E-state index contributed by atoms with van der Waals surface area (Å²) in [4.78, 5) is 39.6. The lowest BCUT2D eigenvalue weighted by Gasteiger charge is -2.29. The van der Waals surface area contributed by atoms with E-state index in [0.717, 1.165) is 5.56 Å². The maximum atomic E-state index is 13.0. The number of carbonyl (C=O) groups is 3. The standard InChI is InChI=1S/C22H21ClN2O6/c1-11-4-5-12(10-14(11)23)24-20(27)15-7-9-17(26)25(15)21-13-6-8-16(29-2)19(30-3)18(13)22(28)31-21/h4-6,8,10,15,21H,7,9H2,1-3H3,(H,24,27)/t15-,21+/m1/s1. The Balaban J connectivity index is 1.64. The Morgan fingerprint density at radius 1 is 1.19 bits per heavy atom. The third-order valence-corrected chi connectivity index (χ3v) is 5.92. The third-order valence-electron chi connectivity index (χ3n) is 5.52. The summed E-state index contributed by atoms with van der Waals surface area (Å²) in [6, 6.07) is 7.66. The van der Waals surface area contributed by atoms with E-state index in [1.165, 1.54) is 19.1 Å². The molecule has 2 aromatic rings. The van der Waals surface area contributed by atoms with Gasteiger partial charge in [-0.05, 0) is 43.2 Å². The first-order valence-corrected chi connectivity index (χ1v) is 10.1. The molecule has 1 fully saturated rings. The molecule has 2 atom stereocenters. The molecule has 0 spiro atoms. The number of cyclic esters (lactones) is 1. The summed E-state index contributed by atoms with van der Waals surface area (Å²) < 4.78 is 16.1. The van der Waals surface area contributed by atoms with Crippen molar-refractivity contribution in [3.63, 3.8) is 0 Å². The van der Waals surface area contributed by atoms with Crippen LogP contribution in [-0.2, 0) is 14.3 Å². The van der Waals surface area contributed by atoms with Gasteiger partial charge >= 0.3 is 5.97 Å². The number of anilines is 1.